The van der Waals surface area contributed by atoms with E-state index in [1.165, 1.54) is 11.9 Å². The van der Waals surface area contributed by atoms with E-state index in [4.69, 9.17) is 15.4 Å². The van der Waals surface area contributed by atoms with Gasteiger partial charge >= 0.3 is 6.09 Å². The molecule has 0 N–H and O–H groups in total. The summed E-state index contributed by atoms with van der Waals surface area (Å²) in [6.45, 7) is 10.8. The van der Waals surface area contributed by atoms with E-state index in [2.05, 4.69) is 0 Å². The SMILES string of the molecule is CN(C(=O)OC(C)(C)C)C(CS(=O)(=O)Cl)C(C)(C)C. The second-order valence-corrected chi connectivity index (χ2v) is 9.50. The van der Waals surface area contributed by atoms with Crippen LogP contribution in [0, 0.1) is 5.41 Å². The molecule has 7 heteroatoms. The molecule has 0 aliphatic rings. The molecule has 1 atom stereocenters. The molecule has 0 aliphatic heterocycles. The Balaban J connectivity index is 5.13. The Morgan fingerprint density at radius 3 is 1.89 bits per heavy atom. The van der Waals surface area contributed by atoms with Gasteiger partial charge in [0.15, 0.2) is 0 Å². The highest BCUT2D eigenvalue weighted by Crippen LogP contribution is 2.27. The first-order valence-corrected chi connectivity index (χ1v) is 8.49. The summed E-state index contributed by atoms with van der Waals surface area (Å²) in [5.74, 6) is -0.312. The minimum atomic E-state index is -3.71. The zero-order chi connectivity index (χ0) is 15.6. The molecule has 114 valence electrons. The van der Waals surface area contributed by atoms with Crippen molar-refractivity contribution < 1.29 is 17.9 Å². The highest BCUT2D eigenvalue weighted by Gasteiger charge is 2.36. The normalized spacial score (nSPS) is 14.9. The third kappa shape index (κ3) is 7.62. The molecule has 0 aromatic carbocycles. The van der Waals surface area contributed by atoms with E-state index in [0.29, 0.717) is 0 Å². The van der Waals surface area contributed by atoms with Gasteiger partial charge in [0.1, 0.15) is 5.60 Å². The van der Waals surface area contributed by atoms with Crippen LogP contribution in [0.2, 0.25) is 0 Å². The minimum absolute atomic E-state index is 0.312. The lowest BCUT2D eigenvalue weighted by Crippen LogP contribution is -2.49. The van der Waals surface area contributed by atoms with Gasteiger partial charge in [-0.05, 0) is 26.2 Å². The molecule has 1 unspecified atom stereocenters. The van der Waals surface area contributed by atoms with Crippen molar-refractivity contribution in [2.45, 2.75) is 53.2 Å². The molecular formula is C12H24ClNO4S. The fourth-order valence-corrected chi connectivity index (χ4v) is 3.05. The summed E-state index contributed by atoms with van der Waals surface area (Å²) in [5, 5.41) is 0. The van der Waals surface area contributed by atoms with Gasteiger partial charge in [-0.1, -0.05) is 20.8 Å². The number of rotatable bonds is 3. The molecule has 0 rings (SSSR count). The molecule has 0 aromatic heterocycles. The minimum Gasteiger partial charge on any atom is -0.444 e. The van der Waals surface area contributed by atoms with Crippen LogP contribution in [0.25, 0.3) is 0 Å². The number of carbonyl (C=O) groups excluding carboxylic acids is 1. The average molecular weight is 314 g/mol. The fourth-order valence-electron chi connectivity index (χ4n) is 1.59. The Kier molecular flexibility index (Phi) is 5.72. The molecule has 0 aromatic rings. The van der Waals surface area contributed by atoms with Crippen LogP contribution in [-0.4, -0.2) is 43.9 Å². The molecule has 0 fully saturated rings. The lowest BCUT2D eigenvalue weighted by molar-refractivity contribution is 0.0133. The van der Waals surface area contributed by atoms with Gasteiger partial charge in [0.25, 0.3) is 0 Å². The smallest absolute Gasteiger partial charge is 0.410 e. The van der Waals surface area contributed by atoms with Crippen molar-refractivity contribution in [1.82, 2.24) is 4.90 Å². The number of amides is 1. The monoisotopic (exact) mass is 313 g/mol. The second-order valence-electron chi connectivity index (χ2n) is 6.68. The molecular weight excluding hydrogens is 290 g/mol. The van der Waals surface area contributed by atoms with Crippen LogP contribution in [-0.2, 0) is 13.8 Å². The number of halogens is 1. The van der Waals surface area contributed by atoms with Gasteiger partial charge in [0, 0.05) is 17.7 Å². The van der Waals surface area contributed by atoms with Gasteiger partial charge in [-0.25, -0.2) is 13.2 Å². The van der Waals surface area contributed by atoms with E-state index >= 15 is 0 Å². The highest BCUT2D eigenvalue weighted by molar-refractivity contribution is 8.13. The van der Waals surface area contributed by atoms with Crippen LogP contribution in [0.1, 0.15) is 41.5 Å². The molecule has 1 amide bonds. The predicted octanol–water partition coefficient (Wildman–Crippen LogP) is 2.84. The zero-order valence-corrected chi connectivity index (χ0v) is 14.2. The Bertz CT molecular complexity index is 420. The standard InChI is InChI=1S/C12H24ClNO4S/c1-11(2,3)9(8-19(13,16)17)14(7)10(15)18-12(4,5)6/h9H,8H2,1-7H3. The maximum atomic E-state index is 12.0. The lowest BCUT2D eigenvalue weighted by atomic mass is 9.87. The van der Waals surface area contributed by atoms with Crippen molar-refractivity contribution in [2.75, 3.05) is 12.8 Å². The first kappa shape index (κ1) is 18.5. The number of ether oxygens (including phenoxy) is 1. The Morgan fingerprint density at radius 1 is 1.21 bits per heavy atom. The van der Waals surface area contributed by atoms with Crippen molar-refractivity contribution >= 4 is 25.8 Å². The van der Waals surface area contributed by atoms with Gasteiger partial charge in [-0.15, -0.1) is 0 Å². The molecule has 0 spiro atoms. The second kappa shape index (κ2) is 5.87. The van der Waals surface area contributed by atoms with Crippen LogP contribution in [0.3, 0.4) is 0 Å². The summed E-state index contributed by atoms with van der Waals surface area (Å²) in [6, 6.07) is -0.565. The highest BCUT2D eigenvalue weighted by atomic mass is 35.7. The van der Waals surface area contributed by atoms with Gasteiger partial charge < -0.3 is 9.64 Å². The van der Waals surface area contributed by atoms with E-state index in [-0.39, 0.29) is 5.75 Å². The predicted molar refractivity (Wildman–Crippen MR) is 76.9 cm³/mol. The van der Waals surface area contributed by atoms with Crippen LogP contribution in [0.5, 0.6) is 0 Å². The maximum Gasteiger partial charge on any atom is 0.410 e. The Hall–Kier alpha value is -0.490. The van der Waals surface area contributed by atoms with E-state index in [0.717, 1.165) is 0 Å². The van der Waals surface area contributed by atoms with Crippen LogP contribution < -0.4 is 0 Å². The van der Waals surface area contributed by atoms with Crippen molar-refractivity contribution in [2.24, 2.45) is 5.41 Å². The summed E-state index contributed by atoms with van der Waals surface area (Å²) in [7, 11) is 3.12. The molecule has 0 saturated carbocycles. The maximum absolute atomic E-state index is 12.0. The van der Waals surface area contributed by atoms with Gasteiger partial charge in [0.05, 0.1) is 11.8 Å². The quantitative estimate of drug-likeness (QED) is 0.752. The van der Waals surface area contributed by atoms with Crippen molar-refractivity contribution in [3.63, 3.8) is 0 Å². The molecule has 0 radical (unpaired) electrons. The fraction of sp³-hybridized carbons (Fsp3) is 0.917. The van der Waals surface area contributed by atoms with Gasteiger partial charge in [-0.3, -0.25) is 0 Å². The lowest BCUT2D eigenvalue weighted by Gasteiger charge is -2.37. The van der Waals surface area contributed by atoms with Gasteiger partial charge in [0.2, 0.25) is 9.05 Å². The van der Waals surface area contributed by atoms with Crippen LogP contribution in [0.4, 0.5) is 4.79 Å². The molecule has 19 heavy (non-hydrogen) atoms. The zero-order valence-electron chi connectivity index (χ0n) is 12.7. The van der Waals surface area contributed by atoms with E-state index in [1.54, 1.807) is 20.8 Å². The van der Waals surface area contributed by atoms with Crippen molar-refractivity contribution in [3.05, 3.63) is 0 Å². The van der Waals surface area contributed by atoms with Crippen molar-refractivity contribution in [3.8, 4) is 0 Å². The summed E-state index contributed by atoms with van der Waals surface area (Å²) < 4.78 is 27.8. The Labute approximate surface area is 120 Å². The van der Waals surface area contributed by atoms with E-state index in [9.17, 15) is 13.2 Å². The summed E-state index contributed by atoms with van der Waals surface area (Å²) in [4.78, 5) is 13.3. The third-order valence-electron chi connectivity index (χ3n) is 2.51. The number of hydrogen-bond donors (Lipinski definition) is 0. The first-order chi connectivity index (χ1) is 8.13. The van der Waals surface area contributed by atoms with E-state index < -0.39 is 32.2 Å². The summed E-state index contributed by atoms with van der Waals surface area (Å²) in [5.41, 5.74) is -1.07. The third-order valence-corrected chi connectivity index (χ3v) is 3.60. The average Bonchev–Trinajstić information content (AvgIpc) is 2.06. The summed E-state index contributed by atoms with van der Waals surface area (Å²) in [6.07, 6.45) is -0.562. The summed E-state index contributed by atoms with van der Waals surface area (Å²) >= 11 is 0. The Morgan fingerprint density at radius 2 is 1.63 bits per heavy atom. The molecule has 5 nitrogen and oxygen atoms in total. The van der Waals surface area contributed by atoms with Crippen LogP contribution in [0.15, 0.2) is 0 Å². The largest absolute Gasteiger partial charge is 0.444 e. The van der Waals surface area contributed by atoms with Crippen LogP contribution >= 0.6 is 10.7 Å². The van der Waals surface area contributed by atoms with Crippen molar-refractivity contribution in [1.29, 1.82) is 0 Å². The number of nitrogens with zero attached hydrogens (tertiary/aromatic N) is 1. The molecule has 0 bridgehead atoms. The van der Waals surface area contributed by atoms with Gasteiger partial charge in [-0.2, -0.15) is 0 Å². The topological polar surface area (TPSA) is 63.7 Å². The van der Waals surface area contributed by atoms with E-state index in [1.807, 2.05) is 20.8 Å². The number of carbonyl (C=O) groups is 1. The molecule has 0 heterocycles. The molecule has 0 saturated heterocycles. The molecule has 0 aliphatic carbocycles. The first-order valence-electron chi connectivity index (χ1n) is 6.01. The number of hydrogen-bond acceptors (Lipinski definition) is 4.